The fourth-order valence-corrected chi connectivity index (χ4v) is 6.35. The van der Waals surface area contributed by atoms with Crippen LogP contribution in [0.5, 0.6) is 5.75 Å². The molecule has 208 valence electrons. The molecule has 0 radical (unpaired) electrons. The molecule has 2 aromatic heterocycles. The summed E-state index contributed by atoms with van der Waals surface area (Å²) >= 11 is 4.54. The summed E-state index contributed by atoms with van der Waals surface area (Å²) in [6, 6.07) is 14.1. The normalized spacial score (nSPS) is 16.2. The van der Waals surface area contributed by atoms with Gasteiger partial charge in [-0.05, 0) is 118 Å². The Kier molecular flexibility index (Phi) is 9.36. The number of imidazole rings is 1. The summed E-state index contributed by atoms with van der Waals surface area (Å²) < 4.78 is 21.9. The third kappa shape index (κ3) is 6.88. The molecule has 1 atom stereocenters. The molecule has 0 amide bonds. The maximum Gasteiger partial charge on any atom is 0.189 e. The third-order valence-corrected chi connectivity index (χ3v) is 11.4. The van der Waals surface area contributed by atoms with E-state index in [1.54, 1.807) is 0 Å². The minimum absolute atomic E-state index is 0.0688. The van der Waals surface area contributed by atoms with Crippen molar-refractivity contribution in [2.75, 3.05) is 20.0 Å². The highest BCUT2D eigenvalue weighted by Gasteiger charge is 2.24. The molecule has 7 nitrogen and oxygen atoms in total. The van der Waals surface area contributed by atoms with E-state index in [2.05, 4.69) is 112 Å². The molecule has 4 aromatic rings. The van der Waals surface area contributed by atoms with Gasteiger partial charge in [0, 0.05) is 26.7 Å². The van der Waals surface area contributed by atoms with Crippen LogP contribution in [-0.2, 0) is 15.9 Å². The molecular weight excluding hydrogens is 734 g/mol. The smallest absolute Gasteiger partial charge is 0.189 e. The van der Waals surface area contributed by atoms with Crippen molar-refractivity contribution in [2.24, 2.45) is 0 Å². The van der Waals surface area contributed by atoms with Crippen LogP contribution in [0.3, 0.4) is 0 Å². The Bertz CT molecular complexity index is 1420. The number of benzene rings is 2. The molecule has 0 spiro atoms. The van der Waals surface area contributed by atoms with Gasteiger partial charge in [-0.2, -0.15) is 5.10 Å². The number of fused-ring (bicyclic) bond motifs is 1. The maximum atomic E-state index is 6.17. The van der Waals surface area contributed by atoms with Gasteiger partial charge >= 0.3 is 0 Å². The second-order valence-electron chi connectivity index (χ2n) is 11.2. The van der Waals surface area contributed by atoms with E-state index >= 15 is 0 Å². The van der Waals surface area contributed by atoms with Crippen LogP contribution in [0.15, 0.2) is 36.4 Å². The largest absolute Gasteiger partial charge is 0.468 e. The van der Waals surface area contributed by atoms with Crippen LogP contribution in [0.25, 0.3) is 33.5 Å². The van der Waals surface area contributed by atoms with Gasteiger partial charge in [-0.3, -0.25) is 0 Å². The summed E-state index contributed by atoms with van der Waals surface area (Å²) in [4.78, 5) is 8.14. The zero-order valence-electron chi connectivity index (χ0n) is 23.0. The lowest BCUT2D eigenvalue weighted by Crippen LogP contribution is -2.22. The first kappa shape index (κ1) is 29.0. The van der Waals surface area contributed by atoms with E-state index in [0.29, 0.717) is 0 Å². The van der Waals surface area contributed by atoms with Gasteiger partial charge in [0.15, 0.2) is 18.8 Å². The van der Waals surface area contributed by atoms with Crippen LogP contribution in [0, 0.1) is 7.40 Å². The Morgan fingerprint density at radius 1 is 1.13 bits per heavy atom. The van der Waals surface area contributed by atoms with Crippen LogP contribution in [-0.4, -0.2) is 47.8 Å². The fourth-order valence-electron chi connectivity index (χ4n) is 4.84. The Morgan fingerprint density at radius 2 is 1.97 bits per heavy atom. The first-order valence-corrected chi connectivity index (χ1v) is 19.5. The molecule has 1 saturated heterocycles. The molecule has 1 N–H and O–H groups in total. The predicted molar refractivity (Wildman–Crippen MR) is 176 cm³/mol. The summed E-state index contributed by atoms with van der Waals surface area (Å²) in [5.74, 6) is 1.63. The van der Waals surface area contributed by atoms with E-state index in [-0.39, 0.29) is 13.0 Å². The zero-order valence-corrected chi connectivity index (χ0v) is 28.3. The van der Waals surface area contributed by atoms with Crippen LogP contribution in [0.2, 0.25) is 25.7 Å². The molecule has 1 aliphatic rings. The summed E-state index contributed by atoms with van der Waals surface area (Å²) in [6.07, 6.45) is 4.03. The molecule has 10 heteroatoms. The van der Waals surface area contributed by atoms with Crippen molar-refractivity contribution in [3.05, 3.63) is 49.4 Å². The van der Waals surface area contributed by atoms with Gasteiger partial charge in [0.05, 0.1) is 5.52 Å². The van der Waals surface area contributed by atoms with E-state index in [1.165, 1.54) is 11.1 Å². The average Bonchev–Trinajstić information content (AvgIpc) is 3.47. The number of aromatic amines is 1. The van der Waals surface area contributed by atoms with Crippen molar-refractivity contribution in [2.45, 2.75) is 64.5 Å². The second-order valence-corrected chi connectivity index (χ2v) is 18.9. The van der Waals surface area contributed by atoms with Gasteiger partial charge in [-0.1, -0.05) is 38.7 Å². The van der Waals surface area contributed by atoms with Crippen molar-refractivity contribution in [1.29, 1.82) is 0 Å². The van der Waals surface area contributed by atoms with Crippen molar-refractivity contribution in [3.63, 3.8) is 0 Å². The number of nitrogens with one attached hydrogen (secondary N) is 1. The van der Waals surface area contributed by atoms with E-state index < -0.39 is 8.07 Å². The summed E-state index contributed by atoms with van der Waals surface area (Å²) in [5.41, 5.74) is 5.52. The van der Waals surface area contributed by atoms with Crippen molar-refractivity contribution >= 4 is 64.2 Å². The molecule has 39 heavy (non-hydrogen) atoms. The van der Waals surface area contributed by atoms with E-state index in [4.69, 9.17) is 24.3 Å². The Morgan fingerprint density at radius 3 is 2.67 bits per heavy atom. The van der Waals surface area contributed by atoms with Crippen molar-refractivity contribution in [1.82, 2.24) is 19.7 Å². The molecule has 1 aliphatic heterocycles. The number of halogens is 2. The highest BCUT2D eigenvalue weighted by atomic mass is 127. The molecular formula is C29H36I2N4O3Si. The first-order valence-electron chi connectivity index (χ1n) is 13.6. The molecule has 1 unspecified atom stereocenters. The van der Waals surface area contributed by atoms with Gasteiger partial charge in [-0.15, -0.1) is 0 Å². The van der Waals surface area contributed by atoms with Crippen LogP contribution in [0.4, 0.5) is 0 Å². The lowest BCUT2D eigenvalue weighted by molar-refractivity contribution is -0.0365. The van der Waals surface area contributed by atoms with E-state index in [9.17, 15) is 0 Å². The minimum atomic E-state index is -1.10. The second kappa shape index (κ2) is 12.6. The van der Waals surface area contributed by atoms with Gasteiger partial charge in [0.2, 0.25) is 0 Å². The summed E-state index contributed by atoms with van der Waals surface area (Å²) in [7, 11) is -1.10. The number of aromatic nitrogens is 4. The molecule has 2 aromatic carbocycles. The molecule has 3 heterocycles. The average molecular weight is 771 g/mol. The van der Waals surface area contributed by atoms with Gasteiger partial charge in [0.25, 0.3) is 0 Å². The summed E-state index contributed by atoms with van der Waals surface area (Å²) in [5, 5.41) is 6.13. The molecule has 0 bridgehead atoms. The number of nitrogens with zero attached hydrogens (tertiary/aromatic N) is 3. The first-order chi connectivity index (χ1) is 18.7. The van der Waals surface area contributed by atoms with E-state index in [0.717, 1.165) is 86.1 Å². The maximum absolute atomic E-state index is 6.17. The highest BCUT2D eigenvalue weighted by molar-refractivity contribution is 14.1. The standard InChI is InChI=1S/C29H36I2N4O3Si/c1-5-19-16-21(38-18-36-14-15-39(2,3)4)10-12-22(19)20-9-11-23-24(17-20)35(25-8-6-7-13-37-25)34-26(23)29-32-27(30)28(31)33-29/h9-12,16-17,25H,5-8,13-15,18H2,1-4H3,(H,32,33). The Labute approximate surface area is 258 Å². The number of rotatable bonds is 10. The zero-order chi connectivity index (χ0) is 27.6. The topological polar surface area (TPSA) is 74.2 Å². The number of hydrogen-bond acceptors (Lipinski definition) is 5. The minimum Gasteiger partial charge on any atom is -0.468 e. The predicted octanol–water partition coefficient (Wildman–Crippen LogP) is 8.26. The van der Waals surface area contributed by atoms with Crippen LogP contribution >= 0.6 is 45.2 Å². The molecule has 0 saturated carbocycles. The summed E-state index contributed by atoms with van der Waals surface area (Å²) in [6.45, 7) is 11.1. The number of aryl methyl sites for hydroxylation is 1. The molecule has 1 fully saturated rings. The lowest BCUT2D eigenvalue weighted by atomic mass is 9.96. The number of ether oxygens (including phenoxy) is 3. The van der Waals surface area contributed by atoms with Gasteiger partial charge < -0.3 is 19.2 Å². The van der Waals surface area contributed by atoms with Gasteiger partial charge in [0.1, 0.15) is 18.8 Å². The van der Waals surface area contributed by atoms with Crippen molar-refractivity contribution in [3.8, 4) is 28.4 Å². The quantitative estimate of drug-likeness (QED) is 0.0762. The van der Waals surface area contributed by atoms with Crippen molar-refractivity contribution < 1.29 is 14.2 Å². The highest BCUT2D eigenvalue weighted by Crippen LogP contribution is 2.36. The van der Waals surface area contributed by atoms with E-state index in [1.807, 2.05) is 6.07 Å². The van der Waals surface area contributed by atoms with Crippen LogP contribution < -0.4 is 4.74 Å². The SMILES string of the molecule is CCc1cc(OCOCC[Si](C)(C)C)ccc1-c1ccc2c(-c3nc(I)c(I)[nH]3)nn(C3CCCCO3)c2c1. The van der Waals surface area contributed by atoms with Crippen LogP contribution in [0.1, 0.15) is 38.0 Å². The fraction of sp³-hybridized carbons (Fsp3) is 0.448. The Hall–Kier alpha value is -1.48. The Balaban J connectivity index is 1.45. The number of H-pyrrole nitrogens is 1. The third-order valence-electron chi connectivity index (χ3n) is 7.05. The number of hydrogen-bond donors (Lipinski definition) is 1. The van der Waals surface area contributed by atoms with Gasteiger partial charge in [-0.25, -0.2) is 9.67 Å². The molecule has 5 rings (SSSR count). The lowest BCUT2D eigenvalue weighted by Gasteiger charge is -2.23. The molecule has 0 aliphatic carbocycles. The monoisotopic (exact) mass is 770 g/mol.